The van der Waals surface area contributed by atoms with Crippen molar-refractivity contribution in [1.82, 2.24) is 10.2 Å². The second kappa shape index (κ2) is 8.74. The Bertz CT molecular complexity index is 312. The summed E-state index contributed by atoms with van der Waals surface area (Å²) in [7, 11) is 0. The van der Waals surface area contributed by atoms with Gasteiger partial charge in [0.05, 0.1) is 6.61 Å². The summed E-state index contributed by atoms with van der Waals surface area (Å²) in [6.07, 6.45) is 5.52. The number of hydrogen-bond donors (Lipinski definition) is 1. The van der Waals surface area contributed by atoms with Crippen LogP contribution in [0.2, 0.25) is 0 Å². The van der Waals surface area contributed by atoms with E-state index in [4.69, 9.17) is 4.74 Å². The molecule has 1 saturated heterocycles. The van der Waals surface area contributed by atoms with E-state index in [9.17, 15) is 4.79 Å². The van der Waals surface area contributed by atoms with Gasteiger partial charge < -0.3 is 10.1 Å². The zero-order valence-electron chi connectivity index (χ0n) is 14.6. The summed E-state index contributed by atoms with van der Waals surface area (Å²) >= 11 is 0. The molecule has 1 aliphatic heterocycles. The van der Waals surface area contributed by atoms with Crippen molar-refractivity contribution in [1.29, 1.82) is 0 Å². The molecule has 0 spiro atoms. The molecule has 0 amide bonds. The van der Waals surface area contributed by atoms with Gasteiger partial charge in [0.2, 0.25) is 0 Å². The summed E-state index contributed by atoms with van der Waals surface area (Å²) in [6.45, 7) is 13.0. The van der Waals surface area contributed by atoms with E-state index in [0.717, 1.165) is 25.9 Å². The molecular weight excluding hydrogens is 264 g/mol. The van der Waals surface area contributed by atoms with E-state index in [-0.39, 0.29) is 17.6 Å². The average Bonchev–Trinajstić information content (AvgIpc) is 2.42. The molecule has 0 aromatic carbocycles. The van der Waals surface area contributed by atoms with Crippen molar-refractivity contribution in [3.05, 3.63) is 0 Å². The first-order chi connectivity index (χ1) is 9.89. The second-order valence-corrected chi connectivity index (χ2v) is 7.07. The van der Waals surface area contributed by atoms with Crippen molar-refractivity contribution in [3.8, 4) is 0 Å². The van der Waals surface area contributed by atoms with Crippen LogP contribution in [0.3, 0.4) is 0 Å². The SMILES string of the molecule is CCCC(C(=O)OCC)N1CCCCC1CNC(C)(C)C. The molecule has 1 N–H and O–H groups in total. The van der Waals surface area contributed by atoms with Crippen molar-refractivity contribution >= 4 is 5.97 Å². The van der Waals surface area contributed by atoms with E-state index in [1.54, 1.807) is 0 Å². The highest BCUT2D eigenvalue weighted by Gasteiger charge is 2.33. The molecule has 4 heteroatoms. The van der Waals surface area contributed by atoms with E-state index in [1.165, 1.54) is 19.3 Å². The molecule has 0 bridgehead atoms. The highest BCUT2D eigenvalue weighted by atomic mass is 16.5. The molecular formula is C17H34N2O2. The molecule has 21 heavy (non-hydrogen) atoms. The number of hydrogen-bond acceptors (Lipinski definition) is 4. The van der Waals surface area contributed by atoms with Gasteiger partial charge in [-0.2, -0.15) is 0 Å². The summed E-state index contributed by atoms with van der Waals surface area (Å²) in [5.74, 6) is -0.0398. The van der Waals surface area contributed by atoms with Crippen LogP contribution in [0, 0.1) is 0 Å². The first-order valence-corrected chi connectivity index (χ1v) is 8.56. The minimum Gasteiger partial charge on any atom is -0.465 e. The number of rotatable bonds is 7. The molecule has 124 valence electrons. The predicted molar refractivity (Wildman–Crippen MR) is 87.4 cm³/mol. The zero-order chi connectivity index (χ0) is 15.9. The van der Waals surface area contributed by atoms with Crippen molar-refractivity contribution in [2.75, 3.05) is 19.7 Å². The number of carbonyl (C=O) groups excluding carboxylic acids is 1. The molecule has 2 atom stereocenters. The molecule has 1 fully saturated rings. The van der Waals surface area contributed by atoms with Gasteiger partial charge in [-0.15, -0.1) is 0 Å². The fourth-order valence-electron chi connectivity index (χ4n) is 3.01. The van der Waals surface area contributed by atoms with E-state index in [1.807, 2.05) is 6.92 Å². The average molecular weight is 298 g/mol. The lowest BCUT2D eigenvalue weighted by atomic mass is 9.97. The first-order valence-electron chi connectivity index (χ1n) is 8.56. The maximum Gasteiger partial charge on any atom is 0.323 e. The van der Waals surface area contributed by atoms with Gasteiger partial charge in [0.1, 0.15) is 6.04 Å². The Labute approximate surface area is 130 Å². The Morgan fingerprint density at radius 2 is 2.05 bits per heavy atom. The molecule has 0 aromatic rings. The van der Waals surface area contributed by atoms with Crippen LogP contribution in [0.5, 0.6) is 0 Å². The van der Waals surface area contributed by atoms with Gasteiger partial charge in [-0.25, -0.2) is 0 Å². The monoisotopic (exact) mass is 298 g/mol. The molecule has 4 nitrogen and oxygen atoms in total. The maximum atomic E-state index is 12.3. The fraction of sp³-hybridized carbons (Fsp3) is 0.941. The normalized spacial score (nSPS) is 22.0. The van der Waals surface area contributed by atoms with Gasteiger partial charge in [-0.05, 0) is 53.5 Å². The summed E-state index contributed by atoms with van der Waals surface area (Å²) in [5, 5.41) is 3.60. The topological polar surface area (TPSA) is 41.6 Å². The summed E-state index contributed by atoms with van der Waals surface area (Å²) < 4.78 is 5.30. The Morgan fingerprint density at radius 3 is 2.62 bits per heavy atom. The molecule has 0 saturated carbocycles. The largest absolute Gasteiger partial charge is 0.465 e. The van der Waals surface area contributed by atoms with E-state index >= 15 is 0 Å². The number of carbonyl (C=O) groups is 1. The van der Waals surface area contributed by atoms with Crippen LogP contribution in [0.4, 0.5) is 0 Å². The molecule has 0 aromatic heterocycles. The maximum absolute atomic E-state index is 12.3. The van der Waals surface area contributed by atoms with Crippen LogP contribution in [-0.4, -0.2) is 48.2 Å². The Kier molecular flexibility index (Phi) is 7.67. The minimum absolute atomic E-state index is 0.0398. The van der Waals surface area contributed by atoms with Crippen molar-refractivity contribution < 1.29 is 9.53 Å². The van der Waals surface area contributed by atoms with Crippen LogP contribution in [-0.2, 0) is 9.53 Å². The van der Waals surface area contributed by atoms with Gasteiger partial charge in [-0.3, -0.25) is 9.69 Å². The van der Waals surface area contributed by atoms with Crippen LogP contribution >= 0.6 is 0 Å². The number of piperidine rings is 1. The molecule has 1 rings (SSSR count). The lowest BCUT2D eigenvalue weighted by Gasteiger charge is -2.41. The molecule has 2 unspecified atom stereocenters. The number of esters is 1. The Hall–Kier alpha value is -0.610. The number of likely N-dealkylation sites (tertiary alicyclic amines) is 1. The second-order valence-electron chi connectivity index (χ2n) is 7.07. The van der Waals surface area contributed by atoms with Crippen molar-refractivity contribution in [2.45, 2.75) is 84.3 Å². The Morgan fingerprint density at radius 1 is 1.33 bits per heavy atom. The van der Waals surface area contributed by atoms with Gasteiger partial charge in [0.15, 0.2) is 0 Å². The summed E-state index contributed by atoms with van der Waals surface area (Å²) in [4.78, 5) is 14.7. The van der Waals surface area contributed by atoms with Crippen LogP contribution in [0.1, 0.15) is 66.7 Å². The van der Waals surface area contributed by atoms with E-state index in [2.05, 4.69) is 37.9 Å². The van der Waals surface area contributed by atoms with Gasteiger partial charge in [-0.1, -0.05) is 19.8 Å². The van der Waals surface area contributed by atoms with Crippen LogP contribution in [0.15, 0.2) is 0 Å². The van der Waals surface area contributed by atoms with Crippen molar-refractivity contribution in [2.24, 2.45) is 0 Å². The smallest absolute Gasteiger partial charge is 0.323 e. The zero-order valence-corrected chi connectivity index (χ0v) is 14.6. The molecule has 0 aliphatic carbocycles. The molecule has 1 heterocycles. The third kappa shape index (κ3) is 6.35. The lowest BCUT2D eigenvalue weighted by molar-refractivity contribution is -0.151. The highest BCUT2D eigenvalue weighted by molar-refractivity contribution is 5.75. The van der Waals surface area contributed by atoms with Crippen LogP contribution < -0.4 is 5.32 Å². The number of ether oxygens (including phenoxy) is 1. The third-order valence-corrected chi connectivity index (χ3v) is 4.06. The summed E-state index contributed by atoms with van der Waals surface area (Å²) in [6, 6.07) is 0.376. The standard InChI is InChI=1S/C17H34N2O2/c1-6-10-15(16(20)21-7-2)19-12-9-8-11-14(19)13-18-17(3,4)5/h14-15,18H,6-13H2,1-5H3. The van der Waals surface area contributed by atoms with E-state index in [0.29, 0.717) is 12.6 Å². The van der Waals surface area contributed by atoms with Gasteiger partial charge in [0.25, 0.3) is 0 Å². The number of nitrogens with zero attached hydrogens (tertiary/aromatic N) is 1. The highest BCUT2D eigenvalue weighted by Crippen LogP contribution is 2.23. The van der Waals surface area contributed by atoms with Gasteiger partial charge in [0, 0.05) is 18.1 Å². The summed E-state index contributed by atoms with van der Waals surface area (Å²) in [5.41, 5.74) is 0.118. The number of nitrogens with one attached hydrogen (secondary N) is 1. The lowest BCUT2D eigenvalue weighted by Crippen LogP contribution is -2.55. The Balaban J connectivity index is 2.73. The molecule has 0 radical (unpaired) electrons. The fourth-order valence-corrected chi connectivity index (χ4v) is 3.01. The quantitative estimate of drug-likeness (QED) is 0.734. The minimum atomic E-state index is -0.0676. The van der Waals surface area contributed by atoms with E-state index < -0.39 is 0 Å². The third-order valence-electron chi connectivity index (χ3n) is 4.06. The predicted octanol–water partition coefficient (Wildman–Crippen LogP) is 2.96. The molecule has 1 aliphatic rings. The first kappa shape index (κ1) is 18.4. The van der Waals surface area contributed by atoms with Gasteiger partial charge >= 0.3 is 5.97 Å². The van der Waals surface area contributed by atoms with Crippen LogP contribution in [0.25, 0.3) is 0 Å². The van der Waals surface area contributed by atoms with Crippen molar-refractivity contribution in [3.63, 3.8) is 0 Å².